The Kier molecular flexibility index (Phi) is 5.68. The number of pyridine rings is 1. The number of sulfonamides is 1. The molecule has 0 fully saturated rings. The van der Waals surface area contributed by atoms with Crippen molar-refractivity contribution in [3.63, 3.8) is 0 Å². The molecular weight excluding hydrogens is 292 g/mol. The largest absolute Gasteiger partial charge is 0.370 e. The third kappa shape index (κ3) is 6.09. The molecule has 0 spiro atoms. The molecule has 0 saturated carbocycles. The minimum Gasteiger partial charge on any atom is -0.370 e. The lowest BCUT2D eigenvalue weighted by atomic mass is 10.1. The van der Waals surface area contributed by atoms with E-state index in [1.807, 2.05) is 27.7 Å². The van der Waals surface area contributed by atoms with Crippen LogP contribution < -0.4 is 15.4 Å². The summed E-state index contributed by atoms with van der Waals surface area (Å²) in [6.07, 6.45) is 1.25. The van der Waals surface area contributed by atoms with Gasteiger partial charge in [-0.1, -0.05) is 0 Å². The lowest BCUT2D eigenvalue weighted by molar-refractivity contribution is -0.121. The molecule has 0 aliphatic rings. The molecule has 0 aromatic carbocycles. The molecule has 7 nitrogen and oxygen atoms in total. The lowest BCUT2D eigenvalue weighted by Crippen LogP contribution is -2.45. The SMILES string of the molecule is CCNc1ccc(S(=O)(=O)NCC(=O)NC(C)(C)C)cn1. The van der Waals surface area contributed by atoms with Crippen molar-refractivity contribution in [3.05, 3.63) is 18.3 Å². The van der Waals surface area contributed by atoms with E-state index in [9.17, 15) is 13.2 Å². The highest BCUT2D eigenvalue weighted by molar-refractivity contribution is 7.89. The summed E-state index contributed by atoms with van der Waals surface area (Å²) in [4.78, 5) is 15.6. The third-order valence-corrected chi connectivity index (χ3v) is 3.73. The van der Waals surface area contributed by atoms with Gasteiger partial charge < -0.3 is 10.6 Å². The highest BCUT2D eigenvalue weighted by Gasteiger charge is 2.18. The van der Waals surface area contributed by atoms with Crippen molar-refractivity contribution in [2.75, 3.05) is 18.4 Å². The first-order chi connectivity index (χ1) is 9.64. The number of rotatable bonds is 6. The zero-order valence-corrected chi connectivity index (χ0v) is 13.5. The molecule has 0 radical (unpaired) electrons. The molecule has 1 heterocycles. The molecule has 1 rings (SSSR count). The van der Waals surface area contributed by atoms with Gasteiger partial charge in [-0.25, -0.2) is 18.1 Å². The first-order valence-corrected chi connectivity index (χ1v) is 8.13. The van der Waals surface area contributed by atoms with Gasteiger partial charge in [0.15, 0.2) is 0 Å². The van der Waals surface area contributed by atoms with Crippen LogP contribution in [0.2, 0.25) is 0 Å². The van der Waals surface area contributed by atoms with Crippen molar-refractivity contribution in [2.45, 2.75) is 38.1 Å². The van der Waals surface area contributed by atoms with Crippen molar-refractivity contribution in [1.29, 1.82) is 0 Å². The molecule has 1 aromatic heterocycles. The summed E-state index contributed by atoms with van der Waals surface area (Å²) in [6.45, 7) is 7.77. The Morgan fingerprint density at radius 1 is 1.29 bits per heavy atom. The topological polar surface area (TPSA) is 100 Å². The van der Waals surface area contributed by atoms with Crippen LogP contribution in [0.25, 0.3) is 0 Å². The molecule has 3 N–H and O–H groups in total. The number of nitrogens with zero attached hydrogens (tertiary/aromatic N) is 1. The Balaban J connectivity index is 2.67. The van der Waals surface area contributed by atoms with Crippen LogP contribution in [0, 0.1) is 0 Å². The van der Waals surface area contributed by atoms with E-state index in [2.05, 4.69) is 20.3 Å². The maximum Gasteiger partial charge on any atom is 0.242 e. The van der Waals surface area contributed by atoms with Gasteiger partial charge in [0.05, 0.1) is 6.54 Å². The minimum atomic E-state index is -3.74. The monoisotopic (exact) mass is 314 g/mol. The van der Waals surface area contributed by atoms with Gasteiger partial charge in [-0.05, 0) is 39.8 Å². The van der Waals surface area contributed by atoms with E-state index in [4.69, 9.17) is 0 Å². The maximum atomic E-state index is 12.0. The minimum absolute atomic E-state index is 0.0210. The summed E-state index contributed by atoms with van der Waals surface area (Å²) in [6, 6.07) is 3.02. The van der Waals surface area contributed by atoms with Crippen molar-refractivity contribution in [1.82, 2.24) is 15.0 Å². The van der Waals surface area contributed by atoms with Crippen LogP contribution in [0.1, 0.15) is 27.7 Å². The van der Waals surface area contributed by atoms with Gasteiger partial charge >= 0.3 is 0 Å². The second-order valence-corrected chi connectivity index (χ2v) is 7.30. The average Bonchev–Trinajstić information content (AvgIpc) is 2.36. The standard InChI is InChI=1S/C13H22N4O3S/c1-5-14-11-7-6-10(8-15-11)21(19,20)16-9-12(18)17-13(2,3)4/h6-8,16H,5,9H2,1-4H3,(H,14,15)(H,17,18). The van der Waals surface area contributed by atoms with Crippen molar-refractivity contribution in [3.8, 4) is 0 Å². The van der Waals surface area contributed by atoms with Gasteiger partial charge in [-0.2, -0.15) is 0 Å². The number of hydrogen-bond acceptors (Lipinski definition) is 5. The molecule has 0 atom stereocenters. The van der Waals surface area contributed by atoms with Gasteiger partial charge in [0.2, 0.25) is 15.9 Å². The maximum absolute atomic E-state index is 12.0. The fourth-order valence-corrected chi connectivity index (χ4v) is 2.46. The number of hydrogen-bond donors (Lipinski definition) is 3. The molecule has 1 aromatic rings. The Hall–Kier alpha value is -1.67. The van der Waals surface area contributed by atoms with Gasteiger partial charge in [0, 0.05) is 18.3 Å². The Morgan fingerprint density at radius 2 is 1.95 bits per heavy atom. The predicted octanol–water partition coefficient (Wildman–Crippen LogP) is 0.706. The molecule has 0 bridgehead atoms. The van der Waals surface area contributed by atoms with Crippen LogP contribution in [0.4, 0.5) is 5.82 Å². The molecule has 0 aliphatic heterocycles. The van der Waals surface area contributed by atoms with E-state index in [0.717, 1.165) is 0 Å². The Labute approximate surface area is 125 Å². The molecule has 1 amide bonds. The fourth-order valence-electron chi connectivity index (χ4n) is 1.53. The van der Waals surface area contributed by atoms with E-state index in [-0.39, 0.29) is 17.3 Å². The molecule has 0 aliphatic carbocycles. The zero-order valence-electron chi connectivity index (χ0n) is 12.7. The smallest absolute Gasteiger partial charge is 0.242 e. The highest BCUT2D eigenvalue weighted by Crippen LogP contribution is 2.10. The molecule has 118 valence electrons. The van der Waals surface area contributed by atoms with Gasteiger partial charge in [0.1, 0.15) is 10.7 Å². The summed E-state index contributed by atoms with van der Waals surface area (Å²) >= 11 is 0. The number of amides is 1. The molecular formula is C13H22N4O3S. The van der Waals surface area contributed by atoms with E-state index >= 15 is 0 Å². The number of aromatic nitrogens is 1. The summed E-state index contributed by atoms with van der Waals surface area (Å²) in [5.74, 6) is 0.213. The zero-order chi connectivity index (χ0) is 16.1. The van der Waals surface area contributed by atoms with E-state index in [0.29, 0.717) is 12.4 Å². The summed E-state index contributed by atoms with van der Waals surface area (Å²) in [5.41, 5.74) is -0.405. The van der Waals surface area contributed by atoms with E-state index < -0.39 is 15.6 Å². The number of anilines is 1. The second kappa shape index (κ2) is 6.86. The third-order valence-electron chi connectivity index (χ3n) is 2.34. The molecule has 0 saturated heterocycles. The quantitative estimate of drug-likeness (QED) is 0.718. The number of carbonyl (C=O) groups is 1. The van der Waals surface area contributed by atoms with Crippen LogP contribution in [0.15, 0.2) is 23.2 Å². The second-order valence-electron chi connectivity index (χ2n) is 5.53. The number of nitrogens with one attached hydrogen (secondary N) is 3. The van der Waals surface area contributed by atoms with E-state index in [1.165, 1.54) is 12.3 Å². The highest BCUT2D eigenvalue weighted by atomic mass is 32.2. The predicted molar refractivity (Wildman–Crippen MR) is 81.5 cm³/mol. The number of carbonyl (C=O) groups excluding carboxylic acids is 1. The van der Waals surface area contributed by atoms with Crippen LogP contribution in [-0.4, -0.2) is 37.9 Å². The van der Waals surface area contributed by atoms with Crippen molar-refractivity contribution >= 4 is 21.7 Å². The van der Waals surface area contributed by atoms with Crippen molar-refractivity contribution < 1.29 is 13.2 Å². The molecule has 21 heavy (non-hydrogen) atoms. The normalized spacial score (nSPS) is 12.0. The summed E-state index contributed by atoms with van der Waals surface area (Å²) in [5, 5.41) is 5.65. The van der Waals surface area contributed by atoms with Gasteiger partial charge in [0.25, 0.3) is 0 Å². The van der Waals surface area contributed by atoms with Crippen molar-refractivity contribution in [2.24, 2.45) is 0 Å². The van der Waals surface area contributed by atoms with Crippen LogP contribution in [0.3, 0.4) is 0 Å². The first kappa shape index (κ1) is 17.4. The van der Waals surface area contributed by atoms with Crippen LogP contribution in [0.5, 0.6) is 0 Å². The Bertz CT molecular complexity index is 576. The average molecular weight is 314 g/mol. The van der Waals surface area contributed by atoms with Crippen LogP contribution in [-0.2, 0) is 14.8 Å². The fraction of sp³-hybridized carbons (Fsp3) is 0.538. The lowest BCUT2D eigenvalue weighted by Gasteiger charge is -2.20. The van der Waals surface area contributed by atoms with E-state index in [1.54, 1.807) is 6.07 Å². The molecule has 0 unspecified atom stereocenters. The summed E-state index contributed by atoms with van der Waals surface area (Å²) in [7, 11) is -3.74. The first-order valence-electron chi connectivity index (χ1n) is 6.64. The van der Waals surface area contributed by atoms with Gasteiger partial charge in [-0.3, -0.25) is 4.79 Å². The van der Waals surface area contributed by atoms with Gasteiger partial charge in [-0.15, -0.1) is 0 Å². The van der Waals surface area contributed by atoms with Crippen LogP contribution >= 0.6 is 0 Å². The Morgan fingerprint density at radius 3 is 2.43 bits per heavy atom. The molecule has 8 heteroatoms. The summed E-state index contributed by atoms with van der Waals surface area (Å²) < 4.78 is 26.3.